The zero-order valence-corrected chi connectivity index (χ0v) is 19.5. The fraction of sp³-hybridized carbons (Fsp3) is 0.276. The summed E-state index contributed by atoms with van der Waals surface area (Å²) in [6.07, 6.45) is 2.75. The largest absolute Gasteiger partial charge is 0.360 e. The lowest BCUT2D eigenvalue weighted by molar-refractivity contribution is 0.0943. The number of aromatic amines is 1. The first-order valence-electron chi connectivity index (χ1n) is 12.2. The highest BCUT2D eigenvalue weighted by Gasteiger charge is 2.26. The van der Waals surface area contributed by atoms with Crippen molar-refractivity contribution in [1.29, 1.82) is 0 Å². The van der Waals surface area contributed by atoms with Crippen molar-refractivity contribution in [3.8, 4) is 0 Å². The summed E-state index contributed by atoms with van der Waals surface area (Å²) in [6.45, 7) is 5.87. The number of benzene rings is 3. The van der Waals surface area contributed by atoms with Crippen molar-refractivity contribution in [1.82, 2.24) is 20.1 Å². The minimum absolute atomic E-state index is 0.00386. The third-order valence-electron chi connectivity index (χ3n) is 6.77. The fourth-order valence-electron chi connectivity index (χ4n) is 4.99. The fourth-order valence-corrected chi connectivity index (χ4v) is 4.99. The summed E-state index contributed by atoms with van der Waals surface area (Å²) in [6, 6.07) is 29.8. The monoisotopic (exact) mass is 452 g/mol. The lowest BCUT2D eigenvalue weighted by Gasteiger charge is -2.39. The van der Waals surface area contributed by atoms with E-state index in [0.29, 0.717) is 12.6 Å². The van der Waals surface area contributed by atoms with Crippen molar-refractivity contribution in [3.63, 3.8) is 0 Å². The molecule has 174 valence electrons. The van der Waals surface area contributed by atoms with Crippen molar-refractivity contribution >= 4 is 16.8 Å². The highest BCUT2D eigenvalue weighted by molar-refractivity contribution is 6.06. The normalized spacial score (nSPS) is 15.1. The maximum absolute atomic E-state index is 12.6. The average molecular weight is 453 g/mol. The Labute approximate surface area is 201 Å². The number of carbonyl (C=O) groups is 1. The summed E-state index contributed by atoms with van der Waals surface area (Å²) >= 11 is 0. The Hall–Kier alpha value is -3.41. The van der Waals surface area contributed by atoms with Crippen LogP contribution in [0.2, 0.25) is 0 Å². The Bertz CT molecular complexity index is 1160. The van der Waals surface area contributed by atoms with Gasteiger partial charge < -0.3 is 15.2 Å². The summed E-state index contributed by atoms with van der Waals surface area (Å²) in [5.41, 5.74) is 4.41. The van der Waals surface area contributed by atoms with Gasteiger partial charge in [0, 0.05) is 49.8 Å². The van der Waals surface area contributed by atoms with E-state index < -0.39 is 0 Å². The Morgan fingerprint density at radius 3 is 2.12 bits per heavy atom. The molecular formula is C29H32N4O. The van der Waals surface area contributed by atoms with Crippen LogP contribution in [-0.4, -0.2) is 60.0 Å². The van der Waals surface area contributed by atoms with Crippen molar-refractivity contribution in [3.05, 3.63) is 108 Å². The summed E-state index contributed by atoms with van der Waals surface area (Å²) in [7, 11) is 0. The van der Waals surface area contributed by atoms with Crippen molar-refractivity contribution < 1.29 is 4.79 Å². The molecule has 1 saturated heterocycles. The summed E-state index contributed by atoms with van der Waals surface area (Å²) in [4.78, 5) is 20.9. The molecule has 5 nitrogen and oxygen atoms in total. The van der Waals surface area contributed by atoms with E-state index in [4.69, 9.17) is 0 Å². The first kappa shape index (κ1) is 22.4. The maximum Gasteiger partial charge on any atom is 0.253 e. The van der Waals surface area contributed by atoms with Crippen LogP contribution < -0.4 is 5.32 Å². The SMILES string of the molecule is O=C(NCCCN1CCN(C(c2ccccc2)c2ccccc2)CC1)c1c[nH]c2ccccc12. The molecule has 2 N–H and O–H groups in total. The van der Waals surface area contributed by atoms with Crippen molar-refractivity contribution in [2.24, 2.45) is 0 Å². The van der Waals surface area contributed by atoms with E-state index >= 15 is 0 Å². The zero-order chi connectivity index (χ0) is 23.2. The number of H-pyrrole nitrogens is 1. The van der Waals surface area contributed by atoms with Gasteiger partial charge in [-0.15, -0.1) is 0 Å². The molecule has 0 spiro atoms. The van der Waals surface area contributed by atoms with E-state index in [-0.39, 0.29) is 5.91 Å². The van der Waals surface area contributed by atoms with Crippen LogP contribution in [0.1, 0.15) is 33.9 Å². The number of piperazine rings is 1. The molecule has 5 rings (SSSR count). The molecule has 0 atom stereocenters. The lowest BCUT2D eigenvalue weighted by Crippen LogP contribution is -2.48. The Kier molecular flexibility index (Phi) is 7.03. The first-order valence-corrected chi connectivity index (χ1v) is 12.2. The Balaban J connectivity index is 1.11. The van der Waals surface area contributed by atoms with Crippen LogP contribution >= 0.6 is 0 Å². The smallest absolute Gasteiger partial charge is 0.253 e. The molecule has 0 bridgehead atoms. The molecule has 0 unspecified atom stereocenters. The molecule has 4 aromatic rings. The third-order valence-corrected chi connectivity index (χ3v) is 6.77. The van der Waals surface area contributed by atoms with E-state index in [0.717, 1.165) is 55.6 Å². The van der Waals surface area contributed by atoms with E-state index in [9.17, 15) is 4.79 Å². The summed E-state index contributed by atoms with van der Waals surface area (Å²) < 4.78 is 0. The van der Waals surface area contributed by atoms with Gasteiger partial charge in [0.15, 0.2) is 0 Å². The van der Waals surface area contributed by atoms with Crippen LogP contribution in [0.4, 0.5) is 0 Å². The maximum atomic E-state index is 12.6. The van der Waals surface area contributed by atoms with Crippen LogP contribution in [-0.2, 0) is 0 Å². The molecule has 0 saturated carbocycles. The van der Waals surface area contributed by atoms with Crippen LogP contribution in [0, 0.1) is 0 Å². The highest BCUT2D eigenvalue weighted by atomic mass is 16.1. The third kappa shape index (κ3) is 5.06. The lowest BCUT2D eigenvalue weighted by atomic mass is 9.96. The zero-order valence-electron chi connectivity index (χ0n) is 19.5. The number of aromatic nitrogens is 1. The quantitative estimate of drug-likeness (QED) is 0.381. The topological polar surface area (TPSA) is 51.4 Å². The summed E-state index contributed by atoms with van der Waals surface area (Å²) in [5.74, 6) is -0.00386. The van der Waals surface area contributed by atoms with Gasteiger partial charge in [0.2, 0.25) is 0 Å². The molecule has 3 aromatic carbocycles. The molecule has 2 heterocycles. The number of hydrogen-bond acceptors (Lipinski definition) is 3. The van der Waals surface area contributed by atoms with E-state index in [1.807, 2.05) is 24.3 Å². The second-order valence-corrected chi connectivity index (χ2v) is 8.96. The van der Waals surface area contributed by atoms with Gasteiger partial charge in [-0.2, -0.15) is 0 Å². The number of nitrogens with zero attached hydrogens (tertiary/aromatic N) is 2. The van der Waals surface area contributed by atoms with Crippen LogP contribution in [0.3, 0.4) is 0 Å². The Morgan fingerprint density at radius 1 is 0.824 bits per heavy atom. The standard InChI is InChI=1S/C29H32N4O/c34-29(26-22-31-27-15-8-7-14-25(26)27)30-16-9-17-32-18-20-33(21-19-32)28(23-10-3-1-4-11-23)24-12-5-2-6-13-24/h1-8,10-15,22,28,31H,9,16-21H2,(H,30,34). The molecular weight excluding hydrogens is 420 g/mol. The molecule has 5 heteroatoms. The molecule has 1 amide bonds. The molecule has 1 aromatic heterocycles. The van der Waals surface area contributed by atoms with Crippen molar-refractivity contribution in [2.75, 3.05) is 39.3 Å². The van der Waals surface area contributed by atoms with Crippen LogP contribution in [0.25, 0.3) is 10.9 Å². The molecule has 34 heavy (non-hydrogen) atoms. The van der Waals surface area contributed by atoms with Gasteiger partial charge in [-0.25, -0.2) is 0 Å². The van der Waals surface area contributed by atoms with Gasteiger partial charge in [-0.1, -0.05) is 78.9 Å². The summed E-state index contributed by atoms with van der Waals surface area (Å²) in [5, 5.41) is 4.07. The predicted molar refractivity (Wildman–Crippen MR) is 138 cm³/mol. The number of nitrogens with one attached hydrogen (secondary N) is 2. The van der Waals surface area contributed by atoms with E-state index in [1.165, 1.54) is 11.1 Å². The number of rotatable bonds is 8. The number of carbonyl (C=O) groups excluding carboxylic acids is 1. The van der Waals surface area contributed by atoms with E-state index in [1.54, 1.807) is 6.20 Å². The van der Waals surface area contributed by atoms with Crippen LogP contribution in [0.15, 0.2) is 91.1 Å². The highest BCUT2D eigenvalue weighted by Crippen LogP contribution is 2.29. The van der Waals surface area contributed by atoms with Gasteiger partial charge in [-0.05, 0) is 30.2 Å². The van der Waals surface area contributed by atoms with Gasteiger partial charge in [0.05, 0.1) is 11.6 Å². The molecule has 1 aliphatic rings. The molecule has 1 aliphatic heterocycles. The minimum Gasteiger partial charge on any atom is -0.360 e. The molecule has 0 radical (unpaired) electrons. The predicted octanol–water partition coefficient (Wildman–Crippen LogP) is 4.70. The molecule has 1 fully saturated rings. The van der Waals surface area contributed by atoms with Gasteiger partial charge in [0.25, 0.3) is 5.91 Å². The second kappa shape index (κ2) is 10.7. The van der Waals surface area contributed by atoms with Gasteiger partial charge in [-0.3, -0.25) is 9.69 Å². The first-order chi connectivity index (χ1) is 16.8. The second-order valence-electron chi connectivity index (χ2n) is 8.96. The average Bonchev–Trinajstić information content (AvgIpc) is 3.33. The molecule has 0 aliphatic carbocycles. The van der Waals surface area contributed by atoms with Crippen LogP contribution in [0.5, 0.6) is 0 Å². The van der Waals surface area contributed by atoms with E-state index in [2.05, 4.69) is 80.8 Å². The van der Waals surface area contributed by atoms with Gasteiger partial charge in [0.1, 0.15) is 0 Å². The minimum atomic E-state index is -0.00386. The van der Waals surface area contributed by atoms with Crippen molar-refractivity contribution in [2.45, 2.75) is 12.5 Å². The number of hydrogen-bond donors (Lipinski definition) is 2. The Morgan fingerprint density at radius 2 is 1.44 bits per heavy atom. The van der Waals surface area contributed by atoms with Gasteiger partial charge >= 0.3 is 0 Å². The number of para-hydroxylation sites is 1. The number of amides is 1. The number of fused-ring (bicyclic) bond motifs is 1.